The molecule has 1 N–H and O–H groups in total. The van der Waals surface area contributed by atoms with E-state index < -0.39 is 5.97 Å². The molecule has 0 spiro atoms. The zero-order valence-electron chi connectivity index (χ0n) is 10.4. The molecular formula is C14H15NO4. The molecule has 0 radical (unpaired) electrons. The highest BCUT2D eigenvalue weighted by Gasteiger charge is 2.17. The Balaban J connectivity index is 2.03. The van der Waals surface area contributed by atoms with Crippen molar-refractivity contribution in [2.45, 2.75) is 25.7 Å². The first-order valence-corrected chi connectivity index (χ1v) is 6.11. The maximum Gasteiger partial charge on any atom is 0.303 e. The van der Waals surface area contributed by atoms with Gasteiger partial charge in [0.15, 0.2) is 0 Å². The number of allylic oxidation sites excluding steroid dienone is 4. The van der Waals surface area contributed by atoms with Crippen LogP contribution in [0.1, 0.15) is 25.7 Å². The van der Waals surface area contributed by atoms with Gasteiger partial charge in [-0.1, -0.05) is 18.2 Å². The third-order valence-electron chi connectivity index (χ3n) is 2.84. The van der Waals surface area contributed by atoms with Crippen molar-refractivity contribution in [3.63, 3.8) is 0 Å². The van der Waals surface area contributed by atoms with Crippen LogP contribution in [0.5, 0.6) is 0 Å². The number of carboxylic acid groups (broad SMARTS) is 1. The van der Waals surface area contributed by atoms with Gasteiger partial charge in [-0.2, -0.15) is 0 Å². The fourth-order valence-corrected chi connectivity index (χ4v) is 1.83. The van der Waals surface area contributed by atoms with Gasteiger partial charge in [0.25, 0.3) is 0 Å². The molecule has 0 fully saturated rings. The Labute approximate surface area is 111 Å². The van der Waals surface area contributed by atoms with Crippen molar-refractivity contribution in [3.8, 4) is 0 Å². The van der Waals surface area contributed by atoms with E-state index in [0.29, 0.717) is 5.76 Å². The molecule has 0 saturated carbocycles. The molecule has 0 aromatic carbocycles. The summed E-state index contributed by atoms with van der Waals surface area (Å²) in [5.41, 5.74) is 1.03. The van der Waals surface area contributed by atoms with Gasteiger partial charge in [-0.3, -0.25) is 14.5 Å². The molecular weight excluding hydrogens is 246 g/mol. The van der Waals surface area contributed by atoms with Crippen LogP contribution in [0.25, 0.3) is 0 Å². The van der Waals surface area contributed by atoms with Crippen LogP contribution in [0, 0.1) is 0 Å². The van der Waals surface area contributed by atoms with Crippen LogP contribution in [0.3, 0.4) is 0 Å². The minimum Gasteiger partial charge on any atom is -0.481 e. The Kier molecular flexibility index (Phi) is 4.18. The van der Waals surface area contributed by atoms with Crippen LogP contribution in [0.2, 0.25) is 0 Å². The van der Waals surface area contributed by atoms with E-state index in [1.165, 1.54) is 17.4 Å². The fourth-order valence-electron chi connectivity index (χ4n) is 1.83. The smallest absolute Gasteiger partial charge is 0.303 e. The van der Waals surface area contributed by atoms with Gasteiger partial charge in [-0.25, -0.2) is 0 Å². The van der Waals surface area contributed by atoms with E-state index in [1.807, 2.05) is 12.2 Å². The number of rotatable bonds is 4. The van der Waals surface area contributed by atoms with E-state index in [-0.39, 0.29) is 18.7 Å². The number of hydrogen-bond donors (Lipinski definition) is 1. The Bertz CT molecular complexity index is 500. The third kappa shape index (κ3) is 3.58. The van der Waals surface area contributed by atoms with Crippen molar-refractivity contribution in [2.75, 3.05) is 0 Å². The molecule has 0 aromatic rings. The van der Waals surface area contributed by atoms with Crippen LogP contribution in [0.4, 0.5) is 0 Å². The second-order valence-corrected chi connectivity index (χ2v) is 4.25. The van der Waals surface area contributed by atoms with E-state index in [4.69, 9.17) is 9.84 Å². The Morgan fingerprint density at radius 2 is 2.21 bits per heavy atom. The zero-order valence-corrected chi connectivity index (χ0v) is 10.4. The second-order valence-electron chi connectivity index (χ2n) is 4.25. The lowest BCUT2D eigenvalue weighted by atomic mass is 10.0. The average Bonchev–Trinajstić information content (AvgIpc) is 2.46. The quantitative estimate of drug-likeness (QED) is 0.843. The average molecular weight is 261 g/mol. The Hall–Kier alpha value is -2.30. The minimum absolute atomic E-state index is 0.0254. The van der Waals surface area contributed by atoms with Crippen LogP contribution in [-0.2, 0) is 14.3 Å². The maximum absolute atomic E-state index is 11.8. The molecule has 0 saturated heterocycles. The van der Waals surface area contributed by atoms with E-state index in [2.05, 4.69) is 6.08 Å². The number of amides is 1. The first kappa shape index (κ1) is 13.1. The van der Waals surface area contributed by atoms with Gasteiger partial charge in [0, 0.05) is 12.6 Å². The predicted octanol–water partition coefficient (Wildman–Crippen LogP) is 2.30. The molecule has 1 amide bonds. The lowest BCUT2D eigenvalue weighted by Gasteiger charge is -2.21. The summed E-state index contributed by atoms with van der Waals surface area (Å²) in [5, 5.41) is 8.57. The first-order valence-electron chi connectivity index (χ1n) is 6.11. The van der Waals surface area contributed by atoms with E-state index in [1.54, 1.807) is 6.20 Å². The standard InChI is InChI=1S/C14H15NO4/c16-13(6-7-14(17)18)15-8-9-19-12(10-15)11-4-2-1-3-5-11/h1-2,4,8-10H,3,5-7H2,(H,17,18). The lowest BCUT2D eigenvalue weighted by molar-refractivity contribution is -0.139. The topological polar surface area (TPSA) is 66.8 Å². The summed E-state index contributed by atoms with van der Waals surface area (Å²) >= 11 is 0. The minimum atomic E-state index is -0.977. The molecule has 5 heteroatoms. The van der Waals surface area contributed by atoms with Crippen LogP contribution in [-0.4, -0.2) is 21.9 Å². The highest BCUT2D eigenvalue weighted by Crippen LogP contribution is 2.24. The second kappa shape index (κ2) is 6.04. The molecule has 0 aromatic heterocycles. The third-order valence-corrected chi connectivity index (χ3v) is 2.84. The highest BCUT2D eigenvalue weighted by molar-refractivity contribution is 5.82. The molecule has 1 aliphatic heterocycles. The summed E-state index contributed by atoms with van der Waals surface area (Å²) in [6.07, 6.45) is 12.1. The predicted molar refractivity (Wildman–Crippen MR) is 68.5 cm³/mol. The summed E-state index contributed by atoms with van der Waals surface area (Å²) in [5.74, 6) is -0.600. The van der Waals surface area contributed by atoms with Gasteiger partial charge >= 0.3 is 5.97 Å². The van der Waals surface area contributed by atoms with Gasteiger partial charge in [-0.05, 0) is 18.4 Å². The summed E-state index contributed by atoms with van der Waals surface area (Å²) in [6, 6.07) is 0. The molecule has 0 unspecified atom stereocenters. The van der Waals surface area contributed by atoms with Crippen molar-refractivity contribution >= 4 is 11.9 Å². The fraction of sp³-hybridized carbons (Fsp3) is 0.286. The molecule has 2 rings (SSSR count). The zero-order chi connectivity index (χ0) is 13.7. The van der Waals surface area contributed by atoms with Crippen molar-refractivity contribution in [1.82, 2.24) is 4.90 Å². The number of carboxylic acids is 1. The summed E-state index contributed by atoms with van der Waals surface area (Å²) in [6.45, 7) is 0. The monoisotopic (exact) mass is 261 g/mol. The highest BCUT2D eigenvalue weighted by atomic mass is 16.5. The summed E-state index contributed by atoms with van der Waals surface area (Å²) in [7, 11) is 0. The number of nitrogens with zero attached hydrogens (tertiary/aromatic N) is 1. The molecule has 0 atom stereocenters. The SMILES string of the molecule is O=C(O)CCC(=O)N1C=COC(C2=CC=CCC2)=C1. The van der Waals surface area contributed by atoms with Gasteiger partial charge in [-0.15, -0.1) is 0 Å². The molecule has 5 nitrogen and oxygen atoms in total. The lowest BCUT2D eigenvalue weighted by Crippen LogP contribution is -2.23. The first-order chi connectivity index (χ1) is 9.16. The summed E-state index contributed by atoms with van der Waals surface area (Å²) in [4.78, 5) is 23.6. The molecule has 2 aliphatic rings. The van der Waals surface area contributed by atoms with Crippen LogP contribution >= 0.6 is 0 Å². The van der Waals surface area contributed by atoms with E-state index in [9.17, 15) is 9.59 Å². The van der Waals surface area contributed by atoms with Gasteiger partial charge < -0.3 is 9.84 Å². The van der Waals surface area contributed by atoms with Gasteiger partial charge in [0.1, 0.15) is 12.0 Å². The number of hydrogen-bond acceptors (Lipinski definition) is 3. The molecule has 1 aliphatic carbocycles. The molecule has 19 heavy (non-hydrogen) atoms. The van der Waals surface area contributed by atoms with Crippen molar-refractivity contribution in [3.05, 3.63) is 48.2 Å². The van der Waals surface area contributed by atoms with Gasteiger partial charge in [0.05, 0.1) is 12.6 Å². The Morgan fingerprint density at radius 1 is 1.37 bits per heavy atom. The van der Waals surface area contributed by atoms with E-state index >= 15 is 0 Å². The number of ether oxygens (including phenoxy) is 1. The summed E-state index contributed by atoms with van der Waals surface area (Å²) < 4.78 is 5.39. The molecule has 0 bridgehead atoms. The molecule has 100 valence electrons. The van der Waals surface area contributed by atoms with Gasteiger partial charge in [0.2, 0.25) is 5.91 Å². The van der Waals surface area contributed by atoms with Crippen LogP contribution < -0.4 is 0 Å². The Morgan fingerprint density at radius 3 is 2.89 bits per heavy atom. The van der Waals surface area contributed by atoms with Crippen molar-refractivity contribution in [1.29, 1.82) is 0 Å². The van der Waals surface area contributed by atoms with Crippen LogP contribution in [0.15, 0.2) is 48.2 Å². The van der Waals surface area contributed by atoms with E-state index in [0.717, 1.165) is 18.4 Å². The van der Waals surface area contributed by atoms with Crippen molar-refractivity contribution in [2.24, 2.45) is 0 Å². The molecule has 1 heterocycles. The largest absolute Gasteiger partial charge is 0.481 e. The number of carbonyl (C=O) groups is 2. The maximum atomic E-state index is 11.8. The normalized spacial score (nSPS) is 17.6. The number of carbonyl (C=O) groups excluding carboxylic acids is 1. The number of aliphatic carboxylic acids is 1. The van der Waals surface area contributed by atoms with Crippen molar-refractivity contribution < 1.29 is 19.4 Å².